The molecule has 1 saturated carbocycles. The first-order chi connectivity index (χ1) is 18.0. The van der Waals surface area contributed by atoms with Gasteiger partial charge in [-0.2, -0.15) is 0 Å². The molecule has 1 aliphatic carbocycles. The molecule has 0 spiro atoms. The summed E-state index contributed by atoms with van der Waals surface area (Å²) in [7, 11) is 0. The Balaban J connectivity index is 1.40. The molecule has 0 bridgehead atoms. The number of nitrogens with two attached hydrogens (primary N) is 2. The van der Waals surface area contributed by atoms with E-state index in [1.165, 1.54) is 36.8 Å². The van der Waals surface area contributed by atoms with Crippen LogP contribution in [0.1, 0.15) is 56.6 Å². The monoisotopic (exact) mass is 492 g/mol. The molecule has 4 N–H and O–H groups in total. The summed E-state index contributed by atoms with van der Waals surface area (Å²) >= 11 is 0. The molecule has 4 heteroatoms. The van der Waals surface area contributed by atoms with E-state index in [-0.39, 0.29) is 5.41 Å². The van der Waals surface area contributed by atoms with Crippen LogP contribution >= 0.6 is 0 Å². The van der Waals surface area contributed by atoms with Gasteiger partial charge in [-0.3, -0.25) is 0 Å². The van der Waals surface area contributed by atoms with Gasteiger partial charge in [-0.25, -0.2) is 0 Å². The molecule has 0 amide bonds. The molecule has 0 heterocycles. The molecule has 0 aliphatic heterocycles. The van der Waals surface area contributed by atoms with Gasteiger partial charge in [0.1, 0.15) is 23.0 Å². The molecule has 4 aromatic carbocycles. The summed E-state index contributed by atoms with van der Waals surface area (Å²) in [5.41, 5.74) is 15.9. The summed E-state index contributed by atoms with van der Waals surface area (Å²) < 4.78 is 12.1. The van der Waals surface area contributed by atoms with Gasteiger partial charge in [-0.15, -0.1) is 0 Å². The molecule has 1 fully saturated rings. The van der Waals surface area contributed by atoms with E-state index >= 15 is 0 Å². The van der Waals surface area contributed by atoms with Crippen molar-refractivity contribution < 1.29 is 9.47 Å². The lowest BCUT2D eigenvalue weighted by Crippen LogP contribution is -2.33. The van der Waals surface area contributed by atoms with E-state index < -0.39 is 0 Å². The van der Waals surface area contributed by atoms with E-state index in [9.17, 15) is 0 Å². The van der Waals surface area contributed by atoms with Crippen molar-refractivity contribution in [2.45, 2.75) is 50.9 Å². The lowest BCUT2D eigenvalue weighted by atomic mass is 9.62. The second kappa shape index (κ2) is 11.0. The maximum Gasteiger partial charge on any atom is 0.129 e. The molecular formula is C33H36N2O2. The summed E-state index contributed by atoms with van der Waals surface area (Å²) in [6.07, 6.45) is 7.35. The third-order valence-corrected chi connectivity index (χ3v) is 7.66. The van der Waals surface area contributed by atoms with Crippen molar-refractivity contribution >= 4 is 11.4 Å². The molecule has 4 aromatic rings. The average molecular weight is 493 g/mol. The minimum atomic E-state index is -0.0182. The number of nitrogen functional groups attached to an aromatic ring is 2. The second-order valence-electron chi connectivity index (χ2n) is 10.2. The van der Waals surface area contributed by atoms with Crippen molar-refractivity contribution in [3.05, 3.63) is 108 Å². The molecule has 1 aliphatic rings. The molecule has 4 nitrogen and oxygen atoms in total. The van der Waals surface area contributed by atoms with E-state index in [1.807, 2.05) is 48.5 Å². The first-order valence-corrected chi connectivity index (χ1v) is 13.3. The first kappa shape index (κ1) is 24.8. The Bertz CT molecular complexity index is 1210. The van der Waals surface area contributed by atoms with E-state index in [2.05, 4.69) is 55.5 Å². The number of hydrogen-bond donors (Lipinski definition) is 2. The lowest BCUT2D eigenvalue weighted by molar-refractivity contribution is 0.253. The highest BCUT2D eigenvalue weighted by atomic mass is 16.5. The zero-order chi connectivity index (χ0) is 25.7. The van der Waals surface area contributed by atoms with Gasteiger partial charge in [0.2, 0.25) is 0 Å². The second-order valence-corrected chi connectivity index (χ2v) is 10.2. The maximum atomic E-state index is 6.06. The molecule has 0 unspecified atom stereocenters. The van der Waals surface area contributed by atoms with Gasteiger partial charge >= 0.3 is 0 Å². The van der Waals surface area contributed by atoms with E-state index in [0.29, 0.717) is 11.4 Å². The van der Waals surface area contributed by atoms with Gasteiger partial charge in [0.25, 0.3) is 0 Å². The van der Waals surface area contributed by atoms with Crippen LogP contribution in [0.4, 0.5) is 11.4 Å². The number of hydrogen-bond acceptors (Lipinski definition) is 4. The molecule has 37 heavy (non-hydrogen) atoms. The van der Waals surface area contributed by atoms with Crippen molar-refractivity contribution in [2.24, 2.45) is 5.92 Å². The Morgan fingerprint density at radius 1 is 0.649 bits per heavy atom. The molecule has 0 radical (unpaired) electrons. The van der Waals surface area contributed by atoms with Gasteiger partial charge in [0, 0.05) is 28.9 Å². The zero-order valence-electron chi connectivity index (χ0n) is 21.5. The largest absolute Gasteiger partial charge is 0.457 e. The van der Waals surface area contributed by atoms with Gasteiger partial charge in [0.15, 0.2) is 0 Å². The van der Waals surface area contributed by atoms with Gasteiger partial charge in [-0.05, 0) is 91.3 Å². The lowest BCUT2D eigenvalue weighted by Gasteiger charge is -2.41. The van der Waals surface area contributed by atoms with Crippen LogP contribution in [0.15, 0.2) is 97.1 Å². The number of rotatable bonds is 8. The molecule has 0 atom stereocenters. The minimum Gasteiger partial charge on any atom is -0.457 e. The third kappa shape index (κ3) is 5.75. The maximum absolute atomic E-state index is 6.06. The summed E-state index contributed by atoms with van der Waals surface area (Å²) in [6.45, 7) is 2.29. The summed E-state index contributed by atoms with van der Waals surface area (Å²) in [5, 5.41) is 0. The predicted octanol–water partition coefficient (Wildman–Crippen LogP) is 8.71. The van der Waals surface area contributed by atoms with Crippen molar-refractivity contribution in [1.82, 2.24) is 0 Å². The van der Waals surface area contributed by atoms with Crippen molar-refractivity contribution in [3.63, 3.8) is 0 Å². The third-order valence-electron chi connectivity index (χ3n) is 7.66. The van der Waals surface area contributed by atoms with E-state index in [1.54, 1.807) is 0 Å². The van der Waals surface area contributed by atoms with Gasteiger partial charge in [0.05, 0.1) is 0 Å². The fourth-order valence-corrected chi connectivity index (χ4v) is 5.72. The Morgan fingerprint density at radius 3 is 1.51 bits per heavy atom. The van der Waals surface area contributed by atoms with Crippen LogP contribution < -0.4 is 20.9 Å². The van der Waals surface area contributed by atoms with E-state index in [4.69, 9.17) is 20.9 Å². The Labute approximate surface area is 220 Å². The highest BCUT2D eigenvalue weighted by Gasteiger charge is 2.38. The Morgan fingerprint density at radius 2 is 1.11 bits per heavy atom. The molecule has 0 aromatic heterocycles. The number of ether oxygens (including phenoxy) is 2. The van der Waals surface area contributed by atoms with Crippen LogP contribution in [0.2, 0.25) is 0 Å². The number of benzene rings is 4. The van der Waals surface area contributed by atoms with E-state index in [0.717, 1.165) is 41.8 Å². The topological polar surface area (TPSA) is 70.5 Å². The number of anilines is 2. The molecule has 190 valence electrons. The quantitative estimate of drug-likeness (QED) is 0.241. The van der Waals surface area contributed by atoms with Crippen molar-refractivity contribution in [2.75, 3.05) is 11.5 Å². The average Bonchev–Trinajstić information content (AvgIpc) is 2.90. The van der Waals surface area contributed by atoms with Crippen LogP contribution in [0.5, 0.6) is 23.0 Å². The highest BCUT2D eigenvalue weighted by Crippen LogP contribution is 2.48. The first-order valence-electron chi connectivity index (χ1n) is 13.3. The summed E-state index contributed by atoms with van der Waals surface area (Å²) in [5.74, 6) is 3.94. The zero-order valence-corrected chi connectivity index (χ0v) is 21.5. The minimum absolute atomic E-state index is 0.0182. The Kier molecular flexibility index (Phi) is 7.36. The highest BCUT2D eigenvalue weighted by molar-refractivity contribution is 5.48. The standard InChI is InChI=1S/C33H36N2O2/c1-2-5-24-18-20-33(21-19-24,25-10-14-29(15-11-25)36-31-8-3-6-27(34)22-31)26-12-16-30(17-13-26)37-32-9-4-7-28(35)23-32/h3-4,6-17,22-24H,2,5,18-21,34-35H2,1H3. The molecule has 5 rings (SSSR count). The van der Waals surface area contributed by atoms with Crippen LogP contribution in [-0.2, 0) is 5.41 Å². The van der Waals surface area contributed by atoms with Crippen LogP contribution in [0.3, 0.4) is 0 Å². The van der Waals surface area contributed by atoms with Gasteiger partial charge < -0.3 is 20.9 Å². The van der Waals surface area contributed by atoms with Crippen LogP contribution in [-0.4, -0.2) is 0 Å². The van der Waals surface area contributed by atoms with Crippen molar-refractivity contribution in [1.29, 1.82) is 0 Å². The SMILES string of the molecule is CCCC1CCC(c2ccc(Oc3cccc(N)c3)cc2)(c2ccc(Oc3cccc(N)c3)cc2)CC1. The summed E-state index contributed by atoms with van der Waals surface area (Å²) in [4.78, 5) is 0. The fourth-order valence-electron chi connectivity index (χ4n) is 5.72. The summed E-state index contributed by atoms with van der Waals surface area (Å²) in [6, 6.07) is 32.3. The smallest absolute Gasteiger partial charge is 0.129 e. The molecular weight excluding hydrogens is 456 g/mol. The predicted molar refractivity (Wildman–Crippen MR) is 152 cm³/mol. The Hall–Kier alpha value is -3.92. The van der Waals surface area contributed by atoms with Crippen molar-refractivity contribution in [3.8, 4) is 23.0 Å². The van der Waals surface area contributed by atoms with Crippen LogP contribution in [0, 0.1) is 5.92 Å². The van der Waals surface area contributed by atoms with Gasteiger partial charge in [-0.1, -0.05) is 56.2 Å². The van der Waals surface area contributed by atoms with Crippen LogP contribution in [0.25, 0.3) is 0 Å². The fraction of sp³-hybridized carbons (Fsp3) is 0.273. The molecule has 0 saturated heterocycles. The normalized spacial score (nSPS) is 15.3.